The normalized spacial score (nSPS) is 9.81. The number of anilines is 2. The molecule has 12 heteroatoms. The largest absolute Gasteiger partial charge is 0.478 e. The van der Waals surface area contributed by atoms with Crippen molar-refractivity contribution in [2.45, 2.75) is 0 Å². The number of carbonyl (C=O) groups excluding carboxylic acids is 1. The minimum absolute atomic E-state index is 0.102. The number of pyridine rings is 2. The Morgan fingerprint density at radius 3 is 1.56 bits per heavy atom. The number of hydrogen-bond acceptors (Lipinski definition) is 6. The molecule has 186 valence electrons. The van der Waals surface area contributed by atoms with Gasteiger partial charge in [0.1, 0.15) is 10.3 Å². The van der Waals surface area contributed by atoms with Gasteiger partial charge in [0.2, 0.25) is 5.78 Å². The Bertz CT molecular complexity index is 1360. The molecular weight excluding hydrogens is 792 g/mol. The number of carboxylic acids is 1. The van der Waals surface area contributed by atoms with Gasteiger partial charge in [0, 0.05) is 47.2 Å². The molecule has 5 N–H and O–H groups in total. The molecule has 0 aliphatic carbocycles. The summed E-state index contributed by atoms with van der Waals surface area (Å²) in [6, 6.07) is 17.3. The molecular formula is C24H17Br5N4O3. The average Bonchev–Trinajstić information content (AvgIpc) is 2.85. The highest BCUT2D eigenvalue weighted by Crippen LogP contribution is 2.29. The quantitative estimate of drug-likeness (QED) is 0.110. The number of aromatic nitrogens is 2. The van der Waals surface area contributed by atoms with Crippen LogP contribution in [-0.4, -0.2) is 26.8 Å². The lowest BCUT2D eigenvalue weighted by Crippen LogP contribution is -2.07. The smallest absolute Gasteiger partial charge is 0.337 e. The van der Waals surface area contributed by atoms with Crippen LogP contribution in [0.1, 0.15) is 26.4 Å². The van der Waals surface area contributed by atoms with E-state index in [9.17, 15) is 9.59 Å². The van der Waals surface area contributed by atoms with Crippen LogP contribution in [0.25, 0.3) is 0 Å². The number of aromatic carboxylic acids is 1. The number of carboxylic acid groups (broad SMARTS) is 1. The molecule has 0 radical (unpaired) electrons. The molecule has 2 aromatic carbocycles. The number of nitrogens with two attached hydrogens (primary N) is 2. The van der Waals surface area contributed by atoms with E-state index in [2.05, 4.69) is 89.6 Å². The summed E-state index contributed by atoms with van der Waals surface area (Å²) in [4.78, 5) is 30.6. The zero-order valence-electron chi connectivity index (χ0n) is 18.1. The first-order valence-electron chi connectivity index (χ1n) is 9.75. The maximum atomic E-state index is 12.2. The van der Waals surface area contributed by atoms with Crippen LogP contribution in [0.3, 0.4) is 0 Å². The molecule has 0 aliphatic heterocycles. The highest BCUT2D eigenvalue weighted by molar-refractivity contribution is 9.13. The number of rotatable bonds is 3. The summed E-state index contributed by atoms with van der Waals surface area (Å²) < 4.78 is 3.90. The molecule has 0 amide bonds. The van der Waals surface area contributed by atoms with Crippen molar-refractivity contribution >= 4 is 103 Å². The summed E-state index contributed by atoms with van der Waals surface area (Å²) in [6.07, 6.45) is 3.32. The van der Waals surface area contributed by atoms with Gasteiger partial charge in [0.25, 0.3) is 0 Å². The van der Waals surface area contributed by atoms with Crippen molar-refractivity contribution in [3.8, 4) is 0 Å². The van der Waals surface area contributed by atoms with Crippen molar-refractivity contribution in [1.82, 2.24) is 9.97 Å². The first-order valence-corrected chi connectivity index (χ1v) is 13.7. The predicted molar refractivity (Wildman–Crippen MR) is 159 cm³/mol. The molecule has 0 saturated heterocycles. The van der Waals surface area contributed by atoms with Crippen LogP contribution in [0.5, 0.6) is 0 Å². The van der Waals surface area contributed by atoms with Crippen LogP contribution in [0.2, 0.25) is 0 Å². The van der Waals surface area contributed by atoms with Gasteiger partial charge in [-0.2, -0.15) is 0 Å². The Balaban J connectivity index is 0.000000208. The summed E-state index contributed by atoms with van der Waals surface area (Å²) in [5, 5.41) is 8.66. The third kappa shape index (κ3) is 9.07. The molecule has 7 nitrogen and oxygen atoms in total. The summed E-state index contributed by atoms with van der Waals surface area (Å²) in [5.41, 5.74) is 12.9. The minimum Gasteiger partial charge on any atom is -0.478 e. The van der Waals surface area contributed by atoms with Gasteiger partial charge in [-0.3, -0.25) is 9.78 Å². The van der Waals surface area contributed by atoms with Crippen molar-refractivity contribution in [2.24, 2.45) is 0 Å². The van der Waals surface area contributed by atoms with Crippen LogP contribution < -0.4 is 11.5 Å². The standard InChI is InChI=1S/C12H8Br2N2O.C7H5Br2NO2.C5H4BrN/c13-8-5-7(10(15)6-9(8)14)12(17)11-3-1-2-4-16-11;8-4-1-3(7(11)12)6(10)2-5(4)9;6-5-3-1-2-4-7-5/h1-6H,15H2;1-2H,10H2,(H,11,12);1-4H. The first kappa shape index (κ1) is 30.1. The minimum atomic E-state index is -1.03. The predicted octanol–water partition coefficient (Wildman–Crippen LogP) is 7.76. The molecule has 4 aromatic rings. The number of hydrogen-bond donors (Lipinski definition) is 3. The first-order chi connectivity index (χ1) is 17.0. The number of ketones is 1. The zero-order chi connectivity index (χ0) is 26.8. The van der Waals surface area contributed by atoms with Crippen LogP contribution in [0.15, 0.2) is 95.6 Å². The van der Waals surface area contributed by atoms with Crippen LogP contribution >= 0.6 is 79.6 Å². The van der Waals surface area contributed by atoms with Crippen LogP contribution in [-0.2, 0) is 0 Å². The van der Waals surface area contributed by atoms with E-state index < -0.39 is 5.97 Å². The number of nitrogen functional groups attached to an aromatic ring is 2. The topological polar surface area (TPSA) is 132 Å². The van der Waals surface area contributed by atoms with E-state index >= 15 is 0 Å². The van der Waals surface area contributed by atoms with E-state index in [1.165, 1.54) is 6.07 Å². The van der Waals surface area contributed by atoms with Crippen molar-refractivity contribution in [3.05, 3.63) is 112 Å². The van der Waals surface area contributed by atoms with Crippen molar-refractivity contribution in [2.75, 3.05) is 11.5 Å². The monoisotopic (exact) mass is 804 g/mol. The van der Waals surface area contributed by atoms with E-state index in [0.29, 0.717) is 21.4 Å². The highest BCUT2D eigenvalue weighted by Gasteiger charge is 2.15. The lowest BCUT2D eigenvalue weighted by molar-refractivity contribution is 0.0697. The van der Waals surface area contributed by atoms with E-state index in [1.54, 1.807) is 48.8 Å². The highest BCUT2D eigenvalue weighted by atomic mass is 79.9. The molecule has 0 saturated carbocycles. The van der Waals surface area contributed by atoms with Gasteiger partial charge in [-0.1, -0.05) is 12.1 Å². The lowest BCUT2D eigenvalue weighted by atomic mass is 10.1. The summed E-state index contributed by atoms with van der Waals surface area (Å²) in [6.45, 7) is 0. The van der Waals surface area contributed by atoms with Gasteiger partial charge in [0.15, 0.2) is 0 Å². The second-order valence-electron chi connectivity index (χ2n) is 6.71. The summed E-state index contributed by atoms with van der Waals surface area (Å²) >= 11 is 16.3. The van der Waals surface area contributed by atoms with Gasteiger partial charge in [-0.15, -0.1) is 0 Å². The van der Waals surface area contributed by atoms with Crippen molar-refractivity contribution < 1.29 is 14.7 Å². The number of benzene rings is 2. The van der Waals surface area contributed by atoms with Gasteiger partial charge >= 0.3 is 5.97 Å². The molecule has 0 aliphatic rings. The Kier molecular flexibility index (Phi) is 12.2. The molecule has 0 spiro atoms. The van der Waals surface area contributed by atoms with Gasteiger partial charge in [0.05, 0.1) is 5.56 Å². The molecule has 0 fully saturated rings. The van der Waals surface area contributed by atoms with E-state index in [4.69, 9.17) is 16.6 Å². The molecule has 0 bridgehead atoms. The average molecular weight is 809 g/mol. The van der Waals surface area contributed by atoms with E-state index in [-0.39, 0.29) is 17.0 Å². The Labute approximate surface area is 249 Å². The van der Waals surface area contributed by atoms with Gasteiger partial charge in [-0.25, -0.2) is 9.78 Å². The summed E-state index contributed by atoms with van der Waals surface area (Å²) in [5.74, 6) is -1.21. The maximum Gasteiger partial charge on any atom is 0.337 e. The maximum absolute atomic E-state index is 12.2. The zero-order valence-corrected chi connectivity index (χ0v) is 26.1. The Hall–Kier alpha value is -2.12. The molecule has 2 heterocycles. The van der Waals surface area contributed by atoms with Crippen molar-refractivity contribution in [1.29, 1.82) is 0 Å². The SMILES string of the molecule is Brc1ccccn1.Nc1cc(Br)c(Br)cc1C(=O)O.Nc1cc(Br)c(Br)cc1C(=O)c1ccccn1. The van der Waals surface area contributed by atoms with E-state index in [1.807, 2.05) is 18.2 Å². The third-order valence-corrected chi connectivity index (χ3v) is 8.34. The fourth-order valence-corrected chi connectivity index (χ4v) is 4.16. The molecule has 0 atom stereocenters. The van der Waals surface area contributed by atoms with Gasteiger partial charge < -0.3 is 16.6 Å². The third-order valence-electron chi connectivity index (χ3n) is 4.19. The lowest BCUT2D eigenvalue weighted by Gasteiger charge is -2.06. The van der Waals surface area contributed by atoms with Crippen LogP contribution in [0, 0.1) is 0 Å². The van der Waals surface area contributed by atoms with E-state index in [0.717, 1.165) is 18.0 Å². The summed E-state index contributed by atoms with van der Waals surface area (Å²) in [7, 11) is 0. The molecule has 2 aromatic heterocycles. The van der Waals surface area contributed by atoms with Gasteiger partial charge in [-0.05, 0) is 128 Å². The number of nitrogens with zero attached hydrogens (tertiary/aromatic N) is 2. The molecule has 4 rings (SSSR count). The number of halogens is 5. The fraction of sp³-hybridized carbons (Fsp3) is 0. The van der Waals surface area contributed by atoms with Crippen molar-refractivity contribution in [3.63, 3.8) is 0 Å². The molecule has 36 heavy (non-hydrogen) atoms. The van der Waals surface area contributed by atoms with Crippen LogP contribution in [0.4, 0.5) is 11.4 Å². The Morgan fingerprint density at radius 1 is 0.667 bits per heavy atom. The molecule has 0 unspecified atom stereocenters. The second kappa shape index (κ2) is 14.6. The Morgan fingerprint density at radius 2 is 1.14 bits per heavy atom. The number of carbonyl (C=O) groups is 2. The second-order valence-corrected chi connectivity index (χ2v) is 10.9. The fourth-order valence-electron chi connectivity index (χ4n) is 2.48.